The molecule has 4 nitrogen and oxygen atoms in total. The van der Waals surface area contributed by atoms with Gasteiger partial charge in [0, 0.05) is 18.7 Å². The molecule has 0 aromatic carbocycles. The maximum Gasteiger partial charge on any atom is 0.216 e. The molecule has 1 aliphatic heterocycles. The van der Waals surface area contributed by atoms with Crippen molar-refractivity contribution in [1.82, 2.24) is 10.3 Å². The first-order valence-corrected chi connectivity index (χ1v) is 5.27. The minimum atomic E-state index is 0. The van der Waals surface area contributed by atoms with E-state index in [1.165, 1.54) is 0 Å². The number of ether oxygens (including phenoxy) is 2. The van der Waals surface area contributed by atoms with Gasteiger partial charge in [-0.25, -0.2) is 0 Å². The Bertz CT molecular complexity index is 317. The van der Waals surface area contributed by atoms with Crippen molar-refractivity contribution in [3.63, 3.8) is 0 Å². The number of rotatable bonds is 3. The van der Waals surface area contributed by atoms with Crippen molar-refractivity contribution in [2.45, 2.75) is 18.9 Å². The number of halogens is 1. The topological polar surface area (TPSA) is 43.4 Å². The Kier molecular flexibility index (Phi) is 5.35. The van der Waals surface area contributed by atoms with E-state index in [1.807, 2.05) is 18.2 Å². The second-order valence-electron chi connectivity index (χ2n) is 3.60. The van der Waals surface area contributed by atoms with Crippen molar-refractivity contribution in [2.24, 2.45) is 0 Å². The summed E-state index contributed by atoms with van der Waals surface area (Å²) in [6.45, 7) is 1.99. The number of hydrogen-bond donors (Lipinski definition) is 1. The summed E-state index contributed by atoms with van der Waals surface area (Å²) in [5.41, 5.74) is 0. The van der Waals surface area contributed by atoms with E-state index in [2.05, 4.69) is 10.3 Å². The maximum atomic E-state index is 5.74. The molecule has 1 fully saturated rings. The molecule has 2 rings (SSSR count). The van der Waals surface area contributed by atoms with Crippen LogP contribution in [0.2, 0.25) is 0 Å². The molecule has 1 unspecified atom stereocenters. The van der Waals surface area contributed by atoms with Crippen molar-refractivity contribution < 1.29 is 9.47 Å². The van der Waals surface area contributed by atoms with Gasteiger partial charge in [0.25, 0.3) is 0 Å². The summed E-state index contributed by atoms with van der Waals surface area (Å²) in [5, 5.41) is 3.30. The third-order valence-electron chi connectivity index (χ3n) is 2.45. The molecule has 1 aliphatic rings. The number of hydrogen-bond acceptors (Lipinski definition) is 4. The van der Waals surface area contributed by atoms with E-state index in [-0.39, 0.29) is 18.5 Å². The predicted molar refractivity (Wildman–Crippen MR) is 64.6 cm³/mol. The highest BCUT2D eigenvalue weighted by molar-refractivity contribution is 5.85. The van der Waals surface area contributed by atoms with E-state index in [0.29, 0.717) is 11.8 Å². The minimum absolute atomic E-state index is 0. The van der Waals surface area contributed by atoms with E-state index < -0.39 is 0 Å². The van der Waals surface area contributed by atoms with Crippen LogP contribution in [0.3, 0.4) is 0 Å². The summed E-state index contributed by atoms with van der Waals surface area (Å²) < 4.78 is 10.8. The molecule has 1 N–H and O–H groups in total. The summed E-state index contributed by atoms with van der Waals surface area (Å²) in [6, 6.07) is 5.56. The van der Waals surface area contributed by atoms with Crippen LogP contribution in [0.15, 0.2) is 18.2 Å². The highest BCUT2D eigenvalue weighted by Gasteiger charge is 2.14. The molecule has 1 saturated heterocycles. The van der Waals surface area contributed by atoms with E-state index in [1.54, 1.807) is 7.11 Å². The Labute approximate surface area is 102 Å². The Hall–Kier alpha value is -1.00. The summed E-state index contributed by atoms with van der Waals surface area (Å²) in [4.78, 5) is 4.21. The second-order valence-corrected chi connectivity index (χ2v) is 3.60. The maximum absolute atomic E-state index is 5.74. The highest BCUT2D eigenvalue weighted by atomic mass is 35.5. The molecule has 1 aromatic rings. The van der Waals surface area contributed by atoms with Gasteiger partial charge < -0.3 is 14.8 Å². The predicted octanol–water partition coefficient (Wildman–Crippen LogP) is 1.64. The van der Waals surface area contributed by atoms with Gasteiger partial charge in [-0.3, -0.25) is 0 Å². The van der Waals surface area contributed by atoms with E-state index in [4.69, 9.17) is 9.47 Å². The number of methoxy groups -OCH3 is 1. The molecule has 1 aromatic heterocycles. The number of aromatic nitrogens is 1. The average molecular weight is 245 g/mol. The van der Waals surface area contributed by atoms with Crippen LogP contribution in [0.4, 0.5) is 0 Å². The Morgan fingerprint density at radius 2 is 2.19 bits per heavy atom. The number of nitrogens with one attached hydrogen (secondary N) is 1. The average Bonchev–Trinajstić information content (AvgIpc) is 2.31. The molecule has 0 spiro atoms. The van der Waals surface area contributed by atoms with Gasteiger partial charge in [-0.1, -0.05) is 6.07 Å². The molecule has 0 aliphatic carbocycles. The first-order chi connectivity index (χ1) is 7.38. The van der Waals surface area contributed by atoms with Crippen LogP contribution in [0.5, 0.6) is 11.8 Å². The van der Waals surface area contributed by atoms with Crippen LogP contribution in [0.25, 0.3) is 0 Å². The van der Waals surface area contributed by atoms with Crippen molar-refractivity contribution in [2.75, 3.05) is 20.2 Å². The third-order valence-corrected chi connectivity index (χ3v) is 2.45. The van der Waals surface area contributed by atoms with Crippen molar-refractivity contribution in [3.05, 3.63) is 18.2 Å². The van der Waals surface area contributed by atoms with Gasteiger partial charge in [0.15, 0.2) is 0 Å². The van der Waals surface area contributed by atoms with Gasteiger partial charge in [0.1, 0.15) is 6.10 Å². The largest absolute Gasteiger partial charge is 0.481 e. The molecular formula is C11H17ClN2O2. The Balaban J connectivity index is 0.00000128. The smallest absolute Gasteiger partial charge is 0.216 e. The first-order valence-electron chi connectivity index (χ1n) is 5.27. The summed E-state index contributed by atoms with van der Waals surface area (Å²) in [7, 11) is 1.61. The van der Waals surface area contributed by atoms with Gasteiger partial charge in [-0.15, -0.1) is 12.4 Å². The number of pyridine rings is 1. The molecule has 0 bridgehead atoms. The van der Waals surface area contributed by atoms with Crippen LogP contribution in [0, 0.1) is 0 Å². The zero-order valence-electron chi connectivity index (χ0n) is 9.31. The fourth-order valence-electron chi connectivity index (χ4n) is 1.67. The van der Waals surface area contributed by atoms with Crippen LogP contribution < -0.4 is 14.8 Å². The van der Waals surface area contributed by atoms with Crippen molar-refractivity contribution >= 4 is 12.4 Å². The lowest BCUT2D eigenvalue weighted by atomic mass is 10.1. The first kappa shape index (κ1) is 13.1. The zero-order chi connectivity index (χ0) is 10.5. The third kappa shape index (κ3) is 3.54. The van der Waals surface area contributed by atoms with E-state index in [9.17, 15) is 0 Å². The SMILES string of the molecule is COc1cccc(OC2CCCNC2)n1.Cl. The molecule has 0 amide bonds. The highest BCUT2D eigenvalue weighted by Crippen LogP contribution is 2.16. The van der Waals surface area contributed by atoms with Gasteiger partial charge in [-0.05, 0) is 19.4 Å². The van der Waals surface area contributed by atoms with Gasteiger partial charge >= 0.3 is 0 Å². The van der Waals surface area contributed by atoms with E-state index >= 15 is 0 Å². The van der Waals surface area contributed by atoms with Crippen LogP contribution in [-0.4, -0.2) is 31.3 Å². The molecule has 0 radical (unpaired) electrons. The second kappa shape index (κ2) is 6.55. The molecule has 1 atom stereocenters. The zero-order valence-corrected chi connectivity index (χ0v) is 10.1. The monoisotopic (exact) mass is 244 g/mol. The molecule has 0 saturated carbocycles. The molecule has 16 heavy (non-hydrogen) atoms. The molecule has 90 valence electrons. The lowest BCUT2D eigenvalue weighted by molar-refractivity contribution is 0.159. The van der Waals surface area contributed by atoms with Gasteiger partial charge in [0.05, 0.1) is 7.11 Å². The summed E-state index contributed by atoms with van der Waals surface area (Å²) in [5.74, 6) is 1.24. The Morgan fingerprint density at radius 1 is 1.38 bits per heavy atom. The summed E-state index contributed by atoms with van der Waals surface area (Å²) in [6.07, 6.45) is 2.49. The van der Waals surface area contributed by atoms with Crippen LogP contribution in [0.1, 0.15) is 12.8 Å². The molecular weight excluding hydrogens is 228 g/mol. The van der Waals surface area contributed by atoms with E-state index in [0.717, 1.165) is 25.9 Å². The Morgan fingerprint density at radius 3 is 2.88 bits per heavy atom. The van der Waals surface area contributed by atoms with Crippen molar-refractivity contribution in [3.8, 4) is 11.8 Å². The standard InChI is InChI=1S/C11H16N2O2.ClH/c1-14-10-5-2-6-11(13-10)15-9-4-3-7-12-8-9;/h2,5-6,9,12H,3-4,7-8H2,1H3;1H. The lowest BCUT2D eigenvalue weighted by Crippen LogP contribution is -2.37. The minimum Gasteiger partial charge on any atom is -0.481 e. The number of piperidine rings is 1. The quantitative estimate of drug-likeness (QED) is 0.878. The fraction of sp³-hybridized carbons (Fsp3) is 0.545. The molecule has 5 heteroatoms. The van der Waals surface area contributed by atoms with Crippen LogP contribution in [-0.2, 0) is 0 Å². The lowest BCUT2D eigenvalue weighted by Gasteiger charge is -2.23. The van der Waals surface area contributed by atoms with Crippen molar-refractivity contribution in [1.29, 1.82) is 0 Å². The molecule has 2 heterocycles. The normalized spacial score (nSPS) is 19.7. The fourth-order valence-corrected chi connectivity index (χ4v) is 1.67. The van der Waals surface area contributed by atoms with Crippen LogP contribution >= 0.6 is 12.4 Å². The van der Waals surface area contributed by atoms with Gasteiger partial charge in [-0.2, -0.15) is 4.98 Å². The van der Waals surface area contributed by atoms with Gasteiger partial charge in [0.2, 0.25) is 11.8 Å². The number of nitrogens with zero attached hydrogens (tertiary/aromatic N) is 1. The summed E-state index contributed by atoms with van der Waals surface area (Å²) >= 11 is 0.